The molecule has 0 bridgehead atoms. The summed E-state index contributed by atoms with van der Waals surface area (Å²) in [5.41, 5.74) is 1.45. The third-order valence-corrected chi connectivity index (χ3v) is 4.55. The van der Waals surface area contributed by atoms with Gasteiger partial charge in [0.2, 0.25) is 0 Å². The maximum absolute atomic E-state index is 8.86. The van der Waals surface area contributed by atoms with E-state index in [4.69, 9.17) is 30.6 Å². The van der Waals surface area contributed by atoms with Crippen molar-refractivity contribution in [2.75, 3.05) is 13.2 Å². The second-order valence-corrected chi connectivity index (χ2v) is 6.40. The molecule has 0 heterocycles. The Hall–Kier alpha value is -0.920. The summed E-state index contributed by atoms with van der Waals surface area (Å²) in [4.78, 5) is 0. The van der Waals surface area contributed by atoms with E-state index in [9.17, 15) is 0 Å². The highest BCUT2D eigenvalue weighted by molar-refractivity contribution is 8.07. The molecule has 0 atom stereocenters. The Morgan fingerprint density at radius 3 is 2.33 bits per heavy atom. The molecule has 0 spiro atoms. The number of nitrogens with zero attached hydrogens (tertiary/aromatic N) is 1. The summed E-state index contributed by atoms with van der Waals surface area (Å²) in [6.45, 7) is 3.66. The van der Waals surface area contributed by atoms with Crippen LogP contribution in [0.25, 0.3) is 0 Å². The molecule has 0 amide bonds. The first-order chi connectivity index (χ1) is 8.54. The first kappa shape index (κ1) is 15.1. The lowest BCUT2D eigenvalue weighted by atomic mass is 10.1. The summed E-state index contributed by atoms with van der Waals surface area (Å²) in [6, 6.07) is 7.26. The van der Waals surface area contributed by atoms with Crippen molar-refractivity contribution in [2.45, 2.75) is 20.8 Å². The second kappa shape index (κ2) is 6.86. The van der Waals surface area contributed by atoms with E-state index in [2.05, 4.69) is 6.07 Å². The Morgan fingerprint density at radius 2 is 1.89 bits per heavy atom. The van der Waals surface area contributed by atoms with Crippen LogP contribution in [0.15, 0.2) is 18.2 Å². The van der Waals surface area contributed by atoms with E-state index in [-0.39, 0.29) is 0 Å². The average molecular weight is 285 g/mol. The molecule has 1 aromatic carbocycles. The Labute approximate surface area is 113 Å². The molecule has 0 aromatic heterocycles. The summed E-state index contributed by atoms with van der Waals surface area (Å²) in [6.07, 6.45) is 0. The highest BCUT2D eigenvalue weighted by Crippen LogP contribution is 2.49. The molecule has 0 radical (unpaired) electrons. The van der Waals surface area contributed by atoms with Gasteiger partial charge in [0.25, 0.3) is 0 Å². The fraction of sp³-hybridized carbons (Fsp3) is 0.417. The average Bonchev–Trinajstić information content (AvgIpc) is 2.29. The molecular weight excluding hydrogens is 269 g/mol. The van der Waals surface area contributed by atoms with Crippen LogP contribution in [-0.4, -0.2) is 13.2 Å². The third kappa shape index (κ3) is 4.08. The number of hydrogen-bond donors (Lipinski definition) is 0. The Morgan fingerprint density at radius 1 is 1.28 bits per heavy atom. The monoisotopic (exact) mass is 285 g/mol. The van der Waals surface area contributed by atoms with Gasteiger partial charge in [-0.2, -0.15) is 5.26 Å². The highest BCUT2D eigenvalue weighted by atomic mass is 32.5. The van der Waals surface area contributed by atoms with Gasteiger partial charge in [-0.1, -0.05) is 0 Å². The molecule has 0 N–H and O–H groups in total. The number of aryl methyl sites for hydroxylation is 1. The van der Waals surface area contributed by atoms with Crippen molar-refractivity contribution in [3.05, 3.63) is 29.3 Å². The molecule has 4 nitrogen and oxygen atoms in total. The van der Waals surface area contributed by atoms with Gasteiger partial charge in [-0.15, -0.1) is 0 Å². The van der Waals surface area contributed by atoms with E-state index in [0.717, 1.165) is 5.56 Å². The number of hydrogen-bond acceptors (Lipinski definition) is 5. The summed E-state index contributed by atoms with van der Waals surface area (Å²) >= 11 is 5.27. The van der Waals surface area contributed by atoms with E-state index in [1.54, 1.807) is 18.2 Å². The summed E-state index contributed by atoms with van der Waals surface area (Å²) in [5, 5.41) is 8.86. The molecule has 0 saturated carbocycles. The molecule has 0 aliphatic rings. The van der Waals surface area contributed by atoms with Crippen molar-refractivity contribution in [2.24, 2.45) is 0 Å². The van der Waals surface area contributed by atoms with Gasteiger partial charge in [-0.25, -0.2) is 0 Å². The van der Waals surface area contributed by atoms with Crippen LogP contribution in [-0.2, 0) is 20.9 Å². The largest absolute Gasteiger partial charge is 0.424 e. The van der Waals surface area contributed by atoms with Crippen LogP contribution in [0.4, 0.5) is 0 Å². The van der Waals surface area contributed by atoms with Crippen LogP contribution in [0, 0.1) is 18.3 Å². The van der Waals surface area contributed by atoms with Crippen molar-refractivity contribution >= 4 is 18.5 Å². The molecule has 1 aromatic rings. The van der Waals surface area contributed by atoms with Gasteiger partial charge >= 0.3 is 6.72 Å². The fourth-order valence-corrected chi connectivity index (χ4v) is 3.43. The minimum atomic E-state index is -2.73. The zero-order valence-electron chi connectivity index (χ0n) is 10.7. The van der Waals surface area contributed by atoms with Crippen LogP contribution in [0.1, 0.15) is 25.0 Å². The van der Waals surface area contributed by atoms with E-state index in [1.165, 1.54) is 0 Å². The van der Waals surface area contributed by atoms with Crippen LogP contribution >= 0.6 is 6.72 Å². The molecule has 0 fully saturated rings. The minimum absolute atomic E-state index is 0.437. The van der Waals surface area contributed by atoms with E-state index in [1.807, 2.05) is 20.8 Å². The Kier molecular flexibility index (Phi) is 5.77. The quantitative estimate of drug-likeness (QED) is 0.748. The van der Waals surface area contributed by atoms with Crippen LogP contribution < -0.4 is 4.52 Å². The van der Waals surface area contributed by atoms with Gasteiger partial charge in [0.1, 0.15) is 5.75 Å². The minimum Gasteiger partial charge on any atom is -0.424 e. The molecule has 0 saturated heterocycles. The maximum Gasteiger partial charge on any atom is 0.380 e. The van der Waals surface area contributed by atoms with Gasteiger partial charge in [-0.3, -0.25) is 9.05 Å². The van der Waals surface area contributed by atoms with Crippen LogP contribution in [0.5, 0.6) is 5.75 Å². The molecule has 0 aliphatic carbocycles. The normalized spacial score (nSPS) is 11.0. The number of nitriles is 1. The fourth-order valence-electron chi connectivity index (χ4n) is 1.35. The van der Waals surface area contributed by atoms with Crippen molar-refractivity contribution in [1.82, 2.24) is 0 Å². The molecule has 1 rings (SSSR count). The molecule has 0 aliphatic heterocycles. The zero-order valence-corrected chi connectivity index (χ0v) is 12.4. The Bertz CT molecular complexity index is 489. The number of rotatable bonds is 6. The lowest BCUT2D eigenvalue weighted by Gasteiger charge is -2.21. The molecular formula is C12H16NO3PS. The van der Waals surface area contributed by atoms with Crippen LogP contribution in [0.3, 0.4) is 0 Å². The summed E-state index contributed by atoms with van der Waals surface area (Å²) in [7, 11) is 0. The smallest absolute Gasteiger partial charge is 0.380 e. The van der Waals surface area contributed by atoms with Gasteiger partial charge in [0, 0.05) is 11.8 Å². The molecule has 0 unspecified atom stereocenters. The van der Waals surface area contributed by atoms with Crippen molar-refractivity contribution in [3.63, 3.8) is 0 Å². The van der Waals surface area contributed by atoms with E-state index < -0.39 is 6.72 Å². The summed E-state index contributed by atoms with van der Waals surface area (Å²) < 4.78 is 16.4. The van der Waals surface area contributed by atoms with E-state index in [0.29, 0.717) is 24.5 Å². The van der Waals surface area contributed by atoms with Crippen molar-refractivity contribution in [1.29, 1.82) is 5.26 Å². The lowest BCUT2D eigenvalue weighted by molar-refractivity contribution is 0.218. The summed E-state index contributed by atoms with van der Waals surface area (Å²) in [5.74, 6) is 0.566. The van der Waals surface area contributed by atoms with Gasteiger partial charge < -0.3 is 4.52 Å². The first-order valence-corrected chi connectivity index (χ1v) is 8.19. The maximum atomic E-state index is 8.86. The van der Waals surface area contributed by atoms with E-state index >= 15 is 0 Å². The van der Waals surface area contributed by atoms with Crippen molar-refractivity contribution < 1.29 is 13.6 Å². The molecule has 18 heavy (non-hydrogen) atoms. The molecule has 98 valence electrons. The van der Waals surface area contributed by atoms with Crippen LogP contribution in [0.2, 0.25) is 0 Å². The zero-order chi connectivity index (χ0) is 13.6. The van der Waals surface area contributed by atoms with Gasteiger partial charge in [0.05, 0.1) is 24.8 Å². The third-order valence-electron chi connectivity index (χ3n) is 2.11. The Balaban J connectivity index is 2.92. The topological polar surface area (TPSA) is 51.5 Å². The predicted molar refractivity (Wildman–Crippen MR) is 74.1 cm³/mol. The first-order valence-electron chi connectivity index (χ1n) is 5.64. The SMILES string of the molecule is CCOP(=S)(OCC)Oc1ccc(C#N)c(C)c1. The van der Waals surface area contributed by atoms with Crippen molar-refractivity contribution in [3.8, 4) is 11.8 Å². The lowest BCUT2D eigenvalue weighted by Crippen LogP contribution is -2.02. The van der Waals surface area contributed by atoms with Gasteiger partial charge in [0.15, 0.2) is 0 Å². The second-order valence-electron chi connectivity index (χ2n) is 3.46. The highest BCUT2D eigenvalue weighted by Gasteiger charge is 2.21. The molecule has 6 heteroatoms. The predicted octanol–water partition coefficient (Wildman–Crippen LogP) is 3.54. The van der Waals surface area contributed by atoms with Gasteiger partial charge in [-0.05, 0) is 44.5 Å². The number of benzene rings is 1. The standard InChI is InChI=1S/C12H16NO3PS/c1-4-14-17(18,15-5-2)16-12-7-6-11(9-13)10(3)8-12/h6-8H,4-5H2,1-3H3.